The predicted molar refractivity (Wildman–Crippen MR) is 74.2 cm³/mol. The Bertz CT molecular complexity index is 575. The lowest BCUT2D eigenvalue weighted by Crippen LogP contribution is -2.28. The van der Waals surface area contributed by atoms with Crippen molar-refractivity contribution >= 4 is 9.84 Å². The van der Waals surface area contributed by atoms with Gasteiger partial charge in [0.05, 0.1) is 11.5 Å². The molecule has 1 aromatic carbocycles. The van der Waals surface area contributed by atoms with Crippen LogP contribution in [-0.4, -0.2) is 33.5 Å². The maximum Gasteiger partial charge on any atom is 0.159 e. The van der Waals surface area contributed by atoms with Crippen molar-refractivity contribution in [3.05, 3.63) is 35.4 Å². The lowest BCUT2D eigenvalue weighted by atomic mass is 9.86. The van der Waals surface area contributed by atoms with Gasteiger partial charge in [0.2, 0.25) is 0 Å². The average Bonchev–Trinajstić information content (AvgIpc) is 2.74. The molecular formula is C14H19F2NO2S. The van der Waals surface area contributed by atoms with E-state index in [0.29, 0.717) is 24.9 Å². The minimum absolute atomic E-state index is 0.0839. The van der Waals surface area contributed by atoms with E-state index in [1.165, 1.54) is 6.07 Å². The van der Waals surface area contributed by atoms with Crippen molar-refractivity contribution in [1.82, 2.24) is 5.32 Å². The predicted octanol–water partition coefficient (Wildman–Crippen LogP) is 1.78. The van der Waals surface area contributed by atoms with Crippen LogP contribution in [0.1, 0.15) is 12.0 Å². The summed E-state index contributed by atoms with van der Waals surface area (Å²) in [6.07, 6.45) is 1.20. The van der Waals surface area contributed by atoms with Gasteiger partial charge in [0, 0.05) is 0 Å². The molecule has 1 aliphatic rings. The third kappa shape index (κ3) is 3.76. The zero-order valence-corrected chi connectivity index (χ0v) is 12.2. The minimum atomic E-state index is -2.93. The summed E-state index contributed by atoms with van der Waals surface area (Å²) in [7, 11) is -1.12. The number of hydrogen-bond acceptors (Lipinski definition) is 3. The number of halogens is 2. The zero-order valence-electron chi connectivity index (χ0n) is 11.4. The molecule has 0 spiro atoms. The van der Waals surface area contributed by atoms with Gasteiger partial charge in [0.1, 0.15) is 0 Å². The fraction of sp³-hybridized carbons (Fsp3) is 0.571. The van der Waals surface area contributed by atoms with Crippen LogP contribution >= 0.6 is 0 Å². The van der Waals surface area contributed by atoms with Crippen LogP contribution in [0, 0.1) is 23.5 Å². The molecule has 3 nitrogen and oxygen atoms in total. The Morgan fingerprint density at radius 2 is 2.10 bits per heavy atom. The monoisotopic (exact) mass is 303 g/mol. The fourth-order valence-electron chi connectivity index (χ4n) is 2.83. The highest BCUT2D eigenvalue weighted by atomic mass is 32.2. The first kappa shape index (κ1) is 15.4. The van der Waals surface area contributed by atoms with E-state index in [2.05, 4.69) is 5.32 Å². The molecule has 0 amide bonds. The Hall–Kier alpha value is -1.01. The standard InChI is InChI=1S/C14H19F2NO2S/c1-17-8-12(11-4-5-20(18,19)9-11)6-10-2-3-13(15)14(16)7-10/h2-3,7,11-12,17H,4-6,8-9H2,1H3. The molecule has 0 saturated carbocycles. The summed E-state index contributed by atoms with van der Waals surface area (Å²) in [4.78, 5) is 0. The molecule has 0 radical (unpaired) electrons. The van der Waals surface area contributed by atoms with Crippen molar-refractivity contribution in [1.29, 1.82) is 0 Å². The average molecular weight is 303 g/mol. The molecule has 0 aliphatic carbocycles. The van der Waals surface area contributed by atoms with Crippen LogP contribution in [-0.2, 0) is 16.3 Å². The van der Waals surface area contributed by atoms with Crippen LogP contribution in [0.15, 0.2) is 18.2 Å². The first-order valence-electron chi connectivity index (χ1n) is 6.70. The summed E-state index contributed by atoms with van der Waals surface area (Å²) in [6, 6.07) is 3.87. The van der Waals surface area contributed by atoms with Gasteiger partial charge >= 0.3 is 0 Å². The van der Waals surface area contributed by atoms with Gasteiger partial charge in [-0.3, -0.25) is 0 Å². The fourth-order valence-corrected chi connectivity index (χ4v) is 4.75. The second-order valence-electron chi connectivity index (χ2n) is 5.43. The maximum absolute atomic E-state index is 13.2. The molecule has 1 aromatic rings. The van der Waals surface area contributed by atoms with E-state index >= 15 is 0 Å². The molecular weight excluding hydrogens is 284 g/mol. The summed E-state index contributed by atoms with van der Waals surface area (Å²) >= 11 is 0. The molecule has 1 heterocycles. The summed E-state index contributed by atoms with van der Waals surface area (Å²) in [5.41, 5.74) is 0.702. The summed E-state index contributed by atoms with van der Waals surface area (Å²) in [5, 5.41) is 3.06. The molecule has 1 saturated heterocycles. The molecule has 2 atom stereocenters. The molecule has 0 aromatic heterocycles. The summed E-state index contributed by atoms with van der Waals surface area (Å²) in [5.74, 6) is -1.09. The Morgan fingerprint density at radius 1 is 1.35 bits per heavy atom. The van der Waals surface area contributed by atoms with Gasteiger partial charge in [-0.1, -0.05) is 6.07 Å². The molecule has 1 aliphatic heterocycles. The van der Waals surface area contributed by atoms with Gasteiger partial charge < -0.3 is 5.32 Å². The molecule has 6 heteroatoms. The first-order chi connectivity index (χ1) is 9.41. The van der Waals surface area contributed by atoms with E-state index in [4.69, 9.17) is 0 Å². The lowest BCUT2D eigenvalue weighted by Gasteiger charge is -2.22. The SMILES string of the molecule is CNCC(Cc1ccc(F)c(F)c1)C1CCS(=O)(=O)C1. The van der Waals surface area contributed by atoms with Crippen LogP contribution in [0.2, 0.25) is 0 Å². The topological polar surface area (TPSA) is 46.2 Å². The van der Waals surface area contributed by atoms with E-state index < -0.39 is 21.5 Å². The second kappa shape index (κ2) is 6.18. The van der Waals surface area contributed by atoms with Gasteiger partial charge in [-0.15, -0.1) is 0 Å². The Labute approximate surface area is 118 Å². The quantitative estimate of drug-likeness (QED) is 0.902. The molecule has 0 bridgehead atoms. The third-order valence-electron chi connectivity index (χ3n) is 3.88. The number of hydrogen-bond donors (Lipinski definition) is 1. The molecule has 2 unspecified atom stereocenters. The van der Waals surface area contributed by atoms with E-state index in [1.807, 2.05) is 7.05 Å². The van der Waals surface area contributed by atoms with E-state index in [-0.39, 0.29) is 23.3 Å². The highest BCUT2D eigenvalue weighted by Crippen LogP contribution is 2.28. The Balaban J connectivity index is 2.11. The van der Waals surface area contributed by atoms with Gasteiger partial charge in [0.25, 0.3) is 0 Å². The van der Waals surface area contributed by atoms with E-state index in [9.17, 15) is 17.2 Å². The largest absolute Gasteiger partial charge is 0.319 e. The molecule has 2 rings (SSSR count). The second-order valence-corrected chi connectivity index (χ2v) is 7.66. The van der Waals surface area contributed by atoms with Crippen LogP contribution < -0.4 is 5.32 Å². The van der Waals surface area contributed by atoms with Crippen LogP contribution in [0.3, 0.4) is 0 Å². The van der Waals surface area contributed by atoms with Crippen molar-refractivity contribution in [2.75, 3.05) is 25.1 Å². The third-order valence-corrected chi connectivity index (χ3v) is 5.68. The van der Waals surface area contributed by atoms with Crippen LogP contribution in [0.4, 0.5) is 8.78 Å². The molecule has 20 heavy (non-hydrogen) atoms. The Kier molecular flexibility index (Phi) is 4.75. The number of rotatable bonds is 5. The van der Waals surface area contributed by atoms with Crippen molar-refractivity contribution in [2.24, 2.45) is 11.8 Å². The van der Waals surface area contributed by atoms with Gasteiger partial charge in [0.15, 0.2) is 21.5 Å². The van der Waals surface area contributed by atoms with Crippen molar-refractivity contribution in [3.8, 4) is 0 Å². The maximum atomic E-state index is 13.2. The smallest absolute Gasteiger partial charge is 0.159 e. The van der Waals surface area contributed by atoms with Crippen LogP contribution in [0.25, 0.3) is 0 Å². The molecule has 1 fully saturated rings. The number of sulfone groups is 1. The highest BCUT2D eigenvalue weighted by molar-refractivity contribution is 7.91. The minimum Gasteiger partial charge on any atom is -0.319 e. The van der Waals surface area contributed by atoms with Gasteiger partial charge in [-0.2, -0.15) is 0 Å². The molecule has 1 N–H and O–H groups in total. The van der Waals surface area contributed by atoms with Gasteiger partial charge in [-0.05, 0) is 56.0 Å². The summed E-state index contributed by atoms with van der Waals surface area (Å²) < 4.78 is 49.3. The normalized spacial score (nSPS) is 22.9. The van der Waals surface area contributed by atoms with Crippen LogP contribution in [0.5, 0.6) is 0 Å². The zero-order chi connectivity index (χ0) is 14.8. The van der Waals surface area contributed by atoms with Crippen molar-refractivity contribution < 1.29 is 17.2 Å². The summed E-state index contributed by atoms with van der Waals surface area (Å²) in [6.45, 7) is 0.666. The number of nitrogens with one attached hydrogen (secondary N) is 1. The Morgan fingerprint density at radius 3 is 2.65 bits per heavy atom. The van der Waals surface area contributed by atoms with E-state index in [1.54, 1.807) is 6.07 Å². The molecule has 112 valence electrons. The lowest BCUT2D eigenvalue weighted by molar-refractivity contribution is 0.351. The first-order valence-corrected chi connectivity index (χ1v) is 8.52. The van der Waals surface area contributed by atoms with E-state index in [0.717, 1.165) is 6.07 Å². The van der Waals surface area contributed by atoms with Crippen molar-refractivity contribution in [3.63, 3.8) is 0 Å². The van der Waals surface area contributed by atoms with Gasteiger partial charge in [-0.25, -0.2) is 17.2 Å². The van der Waals surface area contributed by atoms with Crippen molar-refractivity contribution in [2.45, 2.75) is 12.8 Å². The highest BCUT2D eigenvalue weighted by Gasteiger charge is 2.33. The number of benzene rings is 1.